The molecule has 0 saturated carbocycles. The van der Waals surface area contributed by atoms with Crippen molar-refractivity contribution in [2.75, 3.05) is 0 Å². The van der Waals surface area contributed by atoms with E-state index in [-0.39, 0.29) is 0 Å². The summed E-state index contributed by atoms with van der Waals surface area (Å²) in [5.41, 5.74) is 11.4. The summed E-state index contributed by atoms with van der Waals surface area (Å²) in [5, 5.41) is 154. The van der Waals surface area contributed by atoms with Crippen LogP contribution in [0.25, 0.3) is 0 Å². The van der Waals surface area contributed by atoms with Crippen molar-refractivity contribution in [2.24, 2.45) is 0 Å². The van der Waals surface area contributed by atoms with Crippen LogP contribution in [0.5, 0.6) is 0 Å². The normalized spacial score (nSPS) is 11.7. The second-order valence-electron chi connectivity index (χ2n) is 14.4. The average Bonchev–Trinajstić information content (AvgIpc) is 3.46. The van der Waals surface area contributed by atoms with E-state index in [2.05, 4.69) is 128 Å². The van der Waals surface area contributed by atoms with Gasteiger partial charge in [-0.25, -0.2) is 0 Å². The van der Waals surface area contributed by atoms with Crippen molar-refractivity contribution in [3.63, 3.8) is 0 Å². The Hall–Kier alpha value is -7.55. The van der Waals surface area contributed by atoms with Gasteiger partial charge in [-0.1, -0.05) is 0 Å². The van der Waals surface area contributed by atoms with Gasteiger partial charge in [-0.2, -0.15) is 0 Å². The van der Waals surface area contributed by atoms with E-state index < -0.39 is 32.2 Å². The maximum atomic E-state index is 8.58. The molecule has 0 spiro atoms. The Kier molecular flexibility index (Phi) is 25.4. The van der Waals surface area contributed by atoms with Crippen LogP contribution in [0.2, 0.25) is 0 Å². The summed E-state index contributed by atoms with van der Waals surface area (Å²) in [4.78, 5) is 18.6. The second-order valence-corrected chi connectivity index (χ2v) is 37.4. The van der Waals surface area contributed by atoms with Crippen LogP contribution in [0, 0.1) is 240 Å². The van der Waals surface area contributed by atoms with Gasteiger partial charge in [0.25, 0.3) is 0 Å². The molecule has 0 heterocycles. The fourth-order valence-corrected chi connectivity index (χ4v) is 9.63. The zero-order chi connectivity index (χ0) is 59.4. The summed E-state index contributed by atoms with van der Waals surface area (Å²) in [7, 11) is -18.5. The van der Waals surface area contributed by atoms with Crippen molar-refractivity contribution in [2.45, 2.75) is 55.4 Å². The van der Waals surface area contributed by atoms with Crippen LogP contribution < -0.4 is 14.3 Å². The van der Waals surface area contributed by atoms with Crippen molar-refractivity contribution in [3.8, 4) is 89.4 Å². The van der Waals surface area contributed by atoms with Gasteiger partial charge in [-0.3, -0.25) is 0 Å². The van der Waals surface area contributed by atoms with Crippen molar-refractivity contribution >= 4 is 104 Å². The van der Waals surface area contributed by atoms with Gasteiger partial charge in [0.15, 0.2) is 0 Å². The molecule has 0 aliphatic carbocycles. The number of aryl methyl sites for hydroxylation is 4. The number of hydrogen-bond acceptors (Lipinski definition) is 18. The summed E-state index contributed by atoms with van der Waals surface area (Å²) in [6.07, 6.45) is 0. The molecule has 4 aromatic carbocycles. The Morgan fingerprint density at radius 1 is 0.227 bits per heavy atom. The van der Waals surface area contributed by atoms with Crippen LogP contribution >= 0.6 is 0 Å². The van der Waals surface area contributed by atoms with E-state index in [1.807, 2.05) is 0 Å². The van der Waals surface area contributed by atoms with Crippen LogP contribution in [0.4, 0.5) is 0 Å². The summed E-state index contributed by atoms with van der Waals surface area (Å²) < 4.78 is 5.90. The molecule has 4 aromatic rings. The third-order valence-corrected chi connectivity index (χ3v) is 27.3. The van der Waals surface area contributed by atoms with E-state index in [1.165, 1.54) is 149 Å². The third-order valence-electron chi connectivity index (χ3n) is 9.98. The zero-order valence-electron chi connectivity index (χ0n) is 41.0. The van der Waals surface area contributed by atoms with Crippen LogP contribution in [0.3, 0.4) is 0 Å². The van der Waals surface area contributed by atoms with Gasteiger partial charge in [0.2, 0.25) is 0 Å². The Balaban J connectivity index is -0.000000811. The molecule has 0 fully saturated rings. The average molecular weight is 1530 g/mol. The number of hydrogen-bond donors (Lipinski definition) is 0. The van der Waals surface area contributed by atoms with Gasteiger partial charge in [-0.05, 0) is 0 Å². The fraction of sp³-hybridized carbons (Fsp3) is 0.160. The fourth-order valence-electron chi connectivity index (χ4n) is 3.80. The molecule has 0 saturated heterocycles. The van der Waals surface area contributed by atoms with Gasteiger partial charge in [0.05, 0.1) is 0 Å². The topological polar surface area (TPSA) is 428 Å². The van der Waals surface area contributed by atoms with Gasteiger partial charge < -0.3 is 0 Å². The van der Waals surface area contributed by atoms with E-state index in [9.17, 15) is 0 Å². The molecule has 75 heavy (non-hydrogen) atoms. The van der Waals surface area contributed by atoms with Crippen LogP contribution in [-0.2, 0) is 32.2 Å². The van der Waals surface area contributed by atoms with Gasteiger partial charge in [0, 0.05) is 0 Å². The summed E-state index contributed by atoms with van der Waals surface area (Å²) in [6, 6.07) is 25.8. The first kappa shape index (κ1) is 71.7. The monoisotopic (exact) mass is 1540 g/mol. The standard InChI is InChI=1S/4C8H9.18CN.3Fe.4Sn/c4*1-7-5-3-4-6-8(7)2;18*1-2;;;;;;;/h4*3-5H,1-2H3;;;;;;;;;;;;;;;;;;;;;;;;;/q;;;;;;;;;;;;;;;;;;;;;;3*-4;4*+3. The molecule has 0 aromatic heterocycles. The quantitative estimate of drug-likeness (QED) is 0.216. The van der Waals surface area contributed by atoms with Crippen molar-refractivity contribution in [1.29, 1.82) is 94.7 Å². The van der Waals surface area contributed by atoms with Crippen molar-refractivity contribution in [1.82, 2.24) is 0 Å². The molecular formula is C50H36Fe3N18Sn4. The van der Waals surface area contributed by atoms with Crippen LogP contribution in [-0.4, -0.2) is 90.1 Å². The predicted octanol–water partition coefficient (Wildman–Crippen LogP) is 4.68. The molecule has 0 aliphatic rings. The van der Waals surface area contributed by atoms with E-state index in [4.69, 9.17) is 94.7 Å². The first-order valence-corrected chi connectivity index (χ1v) is 34.8. The zero-order valence-corrected chi connectivity index (χ0v) is 55.8. The first-order chi connectivity index (χ1) is 34.8. The number of nitrogens with zero attached hydrogens (tertiary/aromatic N) is 18. The van der Waals surface area contributed by atoms with Gasteiger partial charge in [0.1, 0.15) is 0 Å². The number of nitriles is 18. The molecule has 0 atom stereocenters. The molecule has 366 valence electrons. The molecule has 18 nitrogen and oxygen atoms in total. The molecule has 0 amide bonds. The predicted molar refractivity (Wildman–Crippen MR) is 266 cm³/mol. The molecule has 0 radical (unpaired) electrons. The van der Waals surface area contributed by atoms with E-state index in [0.717, 1.165) is 89.4 Å². The molecule has 4 rings (SSSR count). The number of rotatable bonds is 0. The SMILES string of the molecule is Cc1ccc[c]([Sn+3])c1C.Cc1ccc[c]([Sn+3])c1C.Cc1ccc[c]([Sn+3])c1C.Cc1ccc[c]([Sn+3])c1C.N#[C][Fe-4]([C]#N)([C]#N)([C]#N)([C]#N)[C]#N.N#[C][Fe-4]([C]#N)([C]#N)([C]#N)([C]#N)[C]#N.N#[C][Fe-4]([C]#N)([C]#N)([C]#N)([C]#N)[C]#N. The Morgan fingerprint density at radius 2 is 0.333 bits per heavy atom. The Labute approximate surface area is 487 Å². The number of benzene rings is 4. The molecule has 0 unspecified atom stereocenters. The third kappa shape index (κ3) is 14.4. The van der Waals surface area contributed by atoms with E-state index >= 15 is 0 Å². The second kappa shape index (κ2) is 26.6. The van der Waals surface area contributed by atoms with Crippen LogP contribution in [0.15, 0.2) is 72.8 Å². The van der Waals surface area contributed by atoms with E-state index in [0.29, 0.717) is 0 Å². The summed E-state index contributed by atoms with van der Waals surface area (Å²) >= 11 is 6.06. The molecule has 25 heteroatoms. The van der Waals surface area contributed by atoms with Crippen LogP contribution in [0.1, 0.15) is 44.5 Å². The van der Waals surface area contributed by atoms with E-state index in [1.54, 1.807) is 0 Å². The summed E-state index contributed by atoms with van der Waals surface area (Å²) in [6.45, 7) is 17.3. The van der Waals surface area contributed by atoms with Crippen molar-refractivity contribution in [3.05, 3.63) is 117 Å². The van der Waals surface area contributed by atoms with Crippen molar-refractivity contribution < 1.29 is 32.2 Å². The molecule has 0 N–H and O–H groups in total. The molecular weight excluding hydrogens is 1500 g/mol. The minimum atomic E-state index is -6.17. The van der Waals surface area contributed by atoms with Gasteiger partial charge in [-0.15, -0.1) is 0 Å². The molecule has 0 bridgehead atoms. The maximum absolute atomic E-state index is 8.58. The molecule has 0 aliphatic heterocycles. The first-order valence-electron chi connectivity index (χ1n) is 19.2. The minimum absolute atomic E-state index is 1.03. The van der Waals surface area contributed by atoms with Gasteiger partial charge >= 0.3 is 493 Å². The Morgan fingerprint density at radius 3 is 0.387 bits per heavy atom. The Bertz CT molecular complexity index is 2900. The summed E-state index contributed by atoms with van der Waals surface area (Å²) in [5.74, 6) is 0.